The fraction of sp³-hybridized carbons (Fsp3) is 0.238. The van der Waals surface area contributed by atoms with Gasteiger partial charge in [-0.25, -0.2) is 0 Å². The second kappa shape index (κ2) is 10.9. The van der Waals surface area contributed by atoms with Gasteiger partial charge in [0.1, 0.15) is 0 Å². The first-order valence-corrected chi connectivity index (χ1v) is 15.8. The van der Waals surface area contributed by atoms with Gasteiger partial charge >= 0.3 is 0 Å². The lowest BCUT2D eigenvalue weighted by atomic mass is 9.85. The minimum Gasteiger partial charge on any atom is -0.0628 e. The lowest BCUT2D eigenvalue weighted by Crippen LogP contribution is -1.97. The quantitative estimate of drug-likeness (QED) is 0.178. The second-order valence-electron chi connectivity index (χ2n) is 13.0. The predicted molar refractivity (Wildman–Crippen MR) is 183 cm³/mol. The predicted octanol–water partition coefficient (Wildman–Crippen LogP) is 12.2. The van der Waals surface area contributed by atoms with E-state index in [1.807, 2.05) is 0 Å². The summed E-state index contributed by atoms with van der Waals surface area (Å²) in [6.45, 7) is 9.30. The highest BCUT2D eigenvalue weighted by atomic mass is 14.3. The van der Waals surface area contributed by atoms with Gasteiger partial charge in [0.15, 0.2) is 0 Å². The van der Waals surface area contributed by atoms with E-state index in [1.54, 1.807) is 0 Å². The van der Waals surface area contributed by atoms with Crippen molar-refractivity contribution < 1.29 is 0 Å². The summed E-state index contributed by atoms with van der Waals surface area (Å²) in [5, 5.41) is 5.42. The van der Waals surface area contributed by atoms with Gasteiger partial charge in [-0.1, -0.05) is 125 Å². The molecule has 0 radical (unpaired) electrons. The third-order valence-corrected chi connectivity index (χ3v) is 9.24. The molecule has 7 rings (SSSR count). The van der Waals surface area contributed by atoms with Crippen LogP contribution in [0.2, 0.25) is 0 Å². The lowest BCUT2D eigenvalue weighted by molar-refractivity contribution is 0.587. The Bertz CT molecular complexity index is 1800. The number of hydrogen-bond donors (Lipinski definition) is 0. The number of aryl methyl sites for hydroxylation is 2. The van der Waals surface area contributed by atoms with Gasteiger partial charge < -0.3 is 0 Å². The summed E-state index contributed by atoms with van der Waals surface area (Å²) in [5.74, 6) is 1.36. The lowest BCUT2D eigenvalue weighted by Gasteiger charge is -2.19. The SMILES string of the molecule is CC(C)CCc1ccccc1-c1ccc(-c2ccccc2CCC(C)C)c2cc3c(cc12)-c1cccc2cccc-3c12. The Morgan fingerprint density at radius 2 is 0.833 bits per heavy atom. The fourth-order valence-corrected chi connectivity index (χ4v) is 6.99. The van der Waals surface area contributed by atoms with E-state index in [4.69, 9.17) is 0 Å². The van der Waals surface area contributed by atoms with Crippen LogP contribution in [0.1, 0.15) is 51.7 Å². The summed E-state index contributed by atoms with van der Waals surface area (Å²) < 4.78 is 0. The average molecular weight is 545 g/mol. The normalized spacial score (nSPS) is 12.1. The van der Waals surface area contributed by atoms with Crippen LogP contribution < -0.4 is 0 Å². The van der Waals surface area contributed by atoms with Crippen LogP contribution >= 0.6 is 0 Å². The maximum Gasteiger partial charge on any atom is -0.00264 e. The van der Waals surface area contributed by atoms with Crippen molar-refractivity contribution in [3.63, 3.8) is 0 Å². The minimum atomic E-state index is 0.682. The zero-order valence-corrected chi connectivity index (χ0v) is 25.4. The van der Waals surface area contributed by atoms with Crippen LogP contribution in [-0.4, -0.2) is 0 Å². The first-order valence-electron chi connectivity index (χ1n) is 15.8. The highest BCUT2D eigenvalue weighted by Crippen LogP contribution is 2.51. The van der Waals surface area contributed by atoms with E-state index in [-0.39, 0.29) is 0 Å². The highest BCUT2D eigenvalue weighted by Gasteiger charge is 2.24. The van der Waals surface area contributed by atoms with Crippen LogP contribution in [0.5, 0.6) is 0 Å². The van der Waals surface area contributed by atoms with Crippen molar-refractivity contribution in [3.05, 3.63) is 120 Å². The molecule has 6 aromatic rings. The van der Waals surface area contributed by atoms with Gasteiger partial charge in [-0.3, -0.25) is 0 Å². The zero-order valence-electron chi connectivity index (χ0n) is 25.4. The van der Waals surface area contributed by atoms with E-state index in [1.165, 1.54) is 90.0 Å². The molecule has 0 spiro atoms. The summed E-state index contributed by atoms with van der Waals surface area (Å²) >= 11 is 0. The number of rotatable bonds is 8. The van der Waals surface area contributed by atoms with E-state index in [0.29, 0.717) is 11.8 Å². The Balaban J connectivity index is 1.51. The molecule has 0 bridgehead atoms. The molecular weight excluding hydrogens is 504 g/mol. The molecule has 0 saturated heterocycles. The van der Waals surface area contributed by atoms with Crippen molar-refractivity contribution in [2.45, 2.75) is 53.4 Å². The topological polar surface area (TPSA) is 0 Å². The molecule has 0 heterocycles. The Hall–Kier alpha value is -4.16. The van der Waals surface area contributed by atoms with Gasteiger partial charge in [0.2, 0.25) is 0 Å². The second-order valence-corrected chi connectivity index (χ2v) is 13.0. The third-order valence-electron chi connectivity index (χ3n) is 9.24. The van der Waals surface area contributed by atoms with Gasteiger partial charge in [-0.05, 0) is 127 Å². The van der Waals surface area contributed by atoms with Crippen molar-refractivity contribution >= 4 is 21.5 Å². The van der Waals surface area contributed by atoms with E-state index in [0.717, 1.165) is 12.8 Å². The summed E-state index contributed by atoms with van der Waals surface area (Å²) in [7, 11) is 0. The van der Waals surface area contributed by atoms with Crippen LogP contribution in [0, 0.1) is 11.8 Å². The number of hydrogen-bond acceptors (Lipinski definition) is 0. The average Bonchev–Trinajstić information content (AvgIpc) is 3.32. The van der Waals surface area contributed by atoms with Crippen LogP contribution in [0.3, 0.4) is 0 Å². The van der Waals surface area contributed by atoms with Crippen LogP contribution in [0.15, 0.2) is 109 Å². The van der Waals surface area contributed by atoms with Gasteiger partial charge in [0.25, 0.3) is 0 Å². The molecule has 1 aliphatic carbocycles. The zero-order chi connectivity index (χ0) is 28.8. The van der Waals surface area contributed by atoms with Gasteiger partial charge in [0, 0.05) is 0 Å². The maximum absolute atomic E-state index is 2.51. The molecule has 0 atom stereocenters. The van der Waals surface area contributed by atoms with Crippen LogP contribution in [-0.2, 0) is 12.8 Å². The van der Waals surface area contributed by atoms with Crippen LogP contribution in [0.4, 0.5) is 0 Å². The molecule has 0 aliphatic heterocycles. The van der Waals surface area contributed by atoms with Crippen molar-refractivity contribution in [1.29, 1.82) is 0 Å². The summed E-state index contributed by atoms with van der Waals surface area (Å²) in [4.78, 5) is 0. The summed E-state index contributed by atoms with van der Waals surface area (Å²) in [6, 6.07) is 41.5. The van der Waals surface area contributed by atoms with Gasteiger partial charge in [0.05, 0.1) is 0 Å². The monoisotopic (exact) mass is 544 g/mol. The molecule has 1 aliphatic rings. The van der Waals surface area contributed by atoms with Crippen molar-refractivity contribution in [1.82, 2.24) is 0 Å². The Morgan fingerprint density at radius 3 is 1.29 bits per heavy atom. The molecule has 0 saturated carbocycles. The first kappa shape index (κ1) is 26.7. The molecule has 42 heavy (non-hydrogen) atoms. The number of benzene rings is 6. The van der Waals surface area contributed by atoms with E-state index < -0.39 is 0 Å². The standard InChI is InChI=1S/C42H40/c1-27(2)19-21-29-11-5-7-15-32(29)34-23-24-35(33-16-8-6-12-30(33)22-20-28(3)4)39-26-41-37-18-10-14-31-13-9-17-36(42(31)37)40(41)25-38(34)39/h5-18,23-28H,19-22H2,1-4H3. The molecule has 0 heteroatoms. The molecule has 0 unspecified atom stereocenters. The molecule has 0 fully saturated rings. The van der Waals surface area contributed by atoms with E-state index in [9.17, 15) is 0 Å². The molecule has 0 aromatic heterocycles. The smallest absolute Gasteiger partial charge is 0.00264 e. The van der Waals surface area contributed by atoms with Crippen molar-refractivity contribution in [3.8, 4) is 44.5 Å². The Kier molecular flexibility index (Phi) is 6.95. The molecule has 0 amide bonds. The molecule has 0 nitrogen and oxygen atoms in total. The van der Waals surface area contributed by atoms with Crippen molar-refractivity contribution in [2.24, 2.45) is 11.8 Å². The molecule has 6 aromatic carbocycles. The molecule has 208 valence electrons. The summed E-state index contributed by atoms with van der Waals surface area (Å²) in [5.41, 5.74) is 13.8. The Morgan fingerprint density at radius 1 is 0.405 bits per heavy atom. The highest BCUT2D eigenvalue weighted by molar-refractivity contribution is 6.19. The maximum atomic E-state index is 2.51. The Labute approximate surface area is 251 Å². The minimum absolute atomic E-state index is 0.682. The summed E-state index contributed by atoms with van der Waals surface area (Å²) in [6.07, 6.45) is 4.60. The number of fused-ring (bicyclic) bond motifs is 4. The largest absolute Gasteiger partial charge is 0.0628 e. The van der Waals surface area contributed by atoms with E-state index in [2.05, 4.69) is 137 Å². The molecule has 0 N–H and O–H groups in total. The van der Waals surface area contributed by atoms with E-state index >= 15 is 0 Å². The van der Waals surface area contributed by atoms with Gasteiger partial charge in [-0.2, -0.15) is 0 Å². The van der Waals surface area contributed by atoms with Crippen molar-refractivity contribution in [2.75, 3.05) is 0 Å². The third kappa shape index (κ3) is 4.64. The fourth-order valence-electron chi connectivity index (χ4n) is 6.99. The first-order chi connectivity index (χ1) is 20.5. The van der Waals surface area contributed by atoms with Gasteiger partial charge in [-0.15, -0.1) is 0 Å². The molecular formula is C42H40. The van der Waals surface area contributed by atoms with Crippen LogP contribution in [0.25, 0.3) is 66.1 Å².